The molecule has 0 amide bonds. The normalized spacial score (nSPS) is 25.7. The van der Waals surface area contributed by atoms with Gasteiger partial charge in [0.15, 0.2) is 0 Å². The van der Waals surface area contributed by atoms with Crippen molar-refractivity contribution in [2.75, 3.05) is 40.0 Å². The van der Waals surface area contributed by atoms with E-state index in [0.717, 1.165) is 17.9 Å². The summed E-state index contributed by atoms with van der Waals surface area (Å²) in [4.78, 5) is 2.06. The molecule has 1 heterocycles. The molecule has 18 heavy (non-hydrogen) atoms. The first kappa shape index (κ1) is 13.3. The summed E-state index contributed by atoms with van der Waals surface area (Å²) >= 11 is 0. The molecule has 1 N–H and O–H groups in total. The van der Waals surface area contributed by atoms with Crippen molar-refractivity contribution >= 4 is 0 Å². The van der Waals surface area contributed by atoms with Gasteiger partial charge in [0.1, 0.15) is 18.0 Å². The van der Waals surface area contributed by atoms with Gasteiger partial charge in [-0.2, -0.15) is 0 Å². The number of aryl methyl sites for hydroxylation is 1. The minimum absolute atomic E-state index is 0.252. The van der Waals surface area contributed by atoms with E-state index in [0.29, 0.717) is 19.8 Å². The van der Waals surface area contributed by atoms with Crippen molar-refractivity contribution in [2.24, 2.45) is 0 Å². The summed E-state index contributed by atoms with van der Waals surface area (Å²) in [6.45, 7) is 4.63. The second-order valence-electron chi connectivity index (χ2n) is 5.07. The monoisotopic (exact) mass is 251 g/mol. The molecular weight excluding hydrogens is 230 g/mol. The fraction of sp³-hybridized carbons (Fsp3) is 0.571. The van der Waals surface area contributed by atoms with Crippen molar-refractivity contribution in [1.29, 1.82) is 0 Å². The number of para-hydroxylation sites is 1. The summed E-state index contributed by atoms with van der Waals surface area (Å²) in [5, 5.41) is 10.5. The lowest BCUT2D eigenvalue weighted by Crippen LogP contribution is -2.47. The molecule has 0 aliphatic carbocycles. The molecule has 1 saturated heterocycles. The molecule has 2 rings (SSSR count). The highest BCUT2D eigenvalue weighted by Crippen LogP contribution is 2.19. The first-order valence-corrected chi connectivity index (χ1v) is 6.26. The van der Waals surface area contributed by atoms with E-state index in [-0.39, 0.29) is 6.61 Å². The molecule has 1 aromatic rings. The van der Waals surface area contributed by atoms with Crippen molar-refractivity contribution in [3.05, 3.63) is 29.8 Å². The van der Waals surface area contributed by atoms with E-state index < -0.39 is 5.60 Å². The number of aliphatic hydroxyl groups is 1. The highest BCUT2D eigenvalue weighted by molar-refractivity contribution is 5.31. The number of ether oxygens (including phenoxy) is 2. The van der Waals surface area contributed by atoms with Gasteiger partial charge in [0.25, 0.3) is 0 Å². The molecule has 1 aliphatic heterocycles. The average molecular weight is 251 g/mol. The Hall–Kier alpha value is -1.10. The molecule has 0 saturated carbocycles. The van der Waals surface area contributed by atoms with Crippen LogP contribution in [0.2, 0.25) is 0 Å². The maximum atomic E-state index is 10.5. The van der Waals surface area contributed by atoms with Gasteiger partial charge in [0.05, 0.1) is 13.2 Å². The molecule has 4 heteroatoms. The molecule has 0 aromatic heterocycles. The third-order valence-corrected chi connectivity index (χ3v) is 3.14. The lowest BCUT2D eigenvalue weighted by molar-refractivity contribution is -0.0625. The van der Waals surface area contributed by atoms with Crippen LogP contribution in [0, 0.1) is 6.92 Å². The van der Waals surface area contributed by atoms with E-state index in [2.05, 4.69) is 4.90 Å². The summed E-state index contributed by atoms with van der Waals surface area (Å²) in [5.41, 5.74) is 0.136. The summed E-state index contributed by atoms with van der Waals surface area (Å²) in [7, 11) is 1.98. The van der Waals surface area contributed by atoms with Gasteiger partial charge < -0.3 is 19.5 Å². The Morgan fingerprint density at radius 2 is 2.22 bits per heavy atom. The second-order valence-corrected chi connectivity index (χ2v) is 5.07. The standard InChI is InChI=1S/C14H21NO3/c1-12-5-3-4-6-13(12)18-11-14(16)9-15(2)7-8-17-10-14/h3-6,16H,7-11H2,1-2H3/t14-/m0/s1. The lowest BCUT2D eigenvalue weighted by Gasteiger charge is -2.28. The SMILES string of the molecule is Cc1ccccc1OC[C@@]1(O)COCCN(C)C1. The maximum Gasteiger partial charge on any atom is 0.134 e. The maximum absolute atomic E-state index is 10.5. The van der Waals surface area contributed by atoms with Crippen molar-refractivity contribution in [3.8, 4) is 5.75 Å². The first-order chi connectivity index (χ1) is 8.59. The Kier molecular flexibility index (Phi) is 4.22. The Bertz CT molecular complexity index is 396. The highest BCUT2D eigenvalue weighted by Gasteiger charge is 2.32. The number of nitrogens with zero attached hydrogens (tertiary/aromatic N) is 1. The van der Waals surface area contributed by atoms with Gasteiger partial charge >= 0.3 is 0 Å². The van der Waals surface area contributed by atoms with Crippen LogP contribution in [-0.4, -0.2) is 55.6 Å². The Morgan fingerprint density at radius 3 is 3.00 bits per heavy atom. The largest absolute Gasteiger partial charge is 0.490 e. The van der Waals surface area contributed by atoms with Gasteiger partial charge in [-0.1, -0.05) is 18.2 Å². The second kappa shape index (κ2) is 5.69. The molecular formula is C14H21NO3. The molecule has 4 nitrogen and oxygen atoms in total. The zero-order chi connectivity index (χ0) is 13.0. The molecule has 1 aromatic carbocycles. The smallest absolute Gasteiger partial charge is 0.134 e. The van der Waals surface area contributed by atoms with E-state index in [1.165, 1.54) is 0 Å². The van der Waals surface area contributed by atoms with E-state index in [4.69, 9.17) is 9.47 Å². The van der Waals surface area contributed by atoms with E-state index in [1.54, 1.807) is 0 Å². The van der Waals surface area contributed by atoms with Crippen LogP contribution in [0.1, 0.15) is 5.56 Å². The molecule has 100 valence electrons. The molecule has 0 radical (unpaired) electrons. The minimum Gasteiger partial charge on any atom is -0.490 e. The van der Waals surface area contributed by atoms with Gasteiger partial charge in [-0.15, -0.1) is 0 Å². The summed E-state index contributed by atoms with van der Waals surface area (Å²) < 4.78 is 11.2. The van der Waals surface area contributed by atoms with Gasteiger partial charge in [0, 0.05) is 13.1 Å². The Morgan fingerprint density at radius 1 is 1.44 bits per heavy atom. The van der Waals surface area contributed by atoms with Gasteiger partial charge in [-0.25, -0.2) is 0 Å². The fourth-order valence-corrected chi connectivity index (χ4v) is 2.13. The average Bonchev–Trinajstić information content (AvgIpc) is 2.50. The summed E-state index contributed by atoms with van der Waals surface area (Å²) in [6, 6.07) is 7.82. The van der Waals surface area contributed by atoms with Gasteiger partial charge in [0.2, 0.25) is 0 Å². The number of benzene rings is 1. The number of β-amino-alcohol motifs (C(OH)–C–C–N with tert-alkyl or cyclic N) is 1. The minimum atomic E-state index is -0.937. The molecule has 0 unspecified atom stereocenters. The fourth-order valence-electron chi connectivity index (χ4n) is 2.13. The summed E-state index contributed by atoms with van der Waals surface area (Å²) in [6.07, 6.45) is 0. The van der Waals surface area contributed by atoms with Crippen LogP contribution in [-0.2, 0) is 4.74 Å². The Labute approximate surface area is 108 Å². The van der Waals surface area contributed by atoms with Crippen LogP contribution in [0.25, 0.3) is 0 Å². The molecule has 1 aliphatic rings. The Balaban J connectivity index is 1.97. The van der Waals surface area contributed by atoms with Crippen LogP contribution in [0.3, 0.4) is 0 Å². The number of likely N-dealkylation sites (N-methyl/N-ethyl adjacent to an activating group) is 1. The molecule has 0 bridgehead atoms. The number of hydrogen-bond donors (Lipinski definition) is 1. The topological polar surface area (TPSA) is 41.9 Å². The van der Waals surface area contributed by atoms with Gasteiger partial charge in [-0.05, 0) is 25.6 Å². The van der Waals surface area contributed by atoms with Gasteiger partial charge in [-0.3, -0.25) is 0 Å². The van der Waals surface area contributed by atoms with E-state index >= 15 is 0 Å². The third kappa shape index (κ3) is 3.45. The van der Waals surface area contributed by atoms with Crippen molar-refractivity contribution < 1.29 is 14.6 Å². The predicted octanol–water partition coefficient (Wildman–Crippen LogP) is 1.07. The van der Waals surface area contributed by atoms with Crippen LogP contribution >= 0.6 is 0 Å². The highest BCUT2D eigenvalue weighted by atomic mass is 16.5. The first-order valence-electron chi connectivity index (χ1n) is 6.26. The zero-order valence-corrected chi connectivity index (χ0v) is 11.1. The molecule has 1 fully saturated rings. The quantitative estimate of drug-likeness (QED) is 0.872. The summed E-state index contributed by atoms with van der Waals surface area (Å²) in [5.74, 6) is 0.817. The van der Waals surface area contributed by atoms with Crippen LogP contribution in [0.15, 0.2) is 24.3 Å². The van der Waals surface area contributed by atoms with E-state index in [1.807, 2.05) is 38.2 Å². The predicted molar refractivity (Wildman–Crippen MR) is 69.9 cm³/mol. The van der Waals surface area contributed by atoms with Crippen molar-refractivity contribution in [2.45, 2.75) is 12.5 Å². The van der Waals surface area contributed by atoms with E-state index in [9.17, 15) is 5.11 Å². The number of rotatable bonds is 3. The van der Waals surface area contributed by atoms with Crippen molar-refractivity contribution in [1.82, 2.24) is 4.90 Å². The van der Waals surface area contributed by atoms with Crippen LogP contribution in [0.4, 0.5) is 0 Å². The van der Waals surface area contributed by atoms with Crippen LogP contribution < -0.4 is 4.74 Å². The molecule has 0 spiro atoms. The van der Waals surface area contributed by atoms with Crippen LogP contribution in [0.5, 0.6) is 5.75 Å². The van der Waals surface area contributed by atoms with Crippen molar-refractivity contribution in [3.63, 3.8) is 0 Å². The lowest BCUT2D eigenvalue weighted by atomic mass is 10.1. The molecule has 1 atom stereocenters. The third-order valence-electron chi connectivity index (χ3n) is 3.14. The number of hydrogen-bond acceptors (Lipinski definition) is 4. The zero-order valence-electron chi connectivity index (χ0n) is 11.1.